The first-order chi connectivity index (χ1) is 7.68. The average molecular weight is 245 g/mol. The van der Waals surface area contributed by atoms with Gasteiger partial charge < -0.3 is 15.0 Å². The van der Waals surface area contributed by atoms with Crippen LogP contribution < -0.4 is 5.32 Å². The minimum atomic E-state index is 0.564. The zero-order valence-corrected chi connectivity index (χ0v) is 11.3. The third kappa shape index (κ3) is 6.35. The molecule has 1 atom stereocenters. The molecular formula is C11H23N3OS. The molecule has 1 rings (SSSR count). The Morgan fingerprint density at radius 2 is 2.31 bits per heavy atom. The molecule has 1 fully saturated rings. The minimum absolute atomic E-state index is 0.564. The molecule has 1 saturated heterocycles. The number of thioether (sulfide) groups is 1. The van der Waals surface area contributed by atoms with Gasteiger partial charge in [0.1, 0.15) is 0 Å². The fourth-order valence-electron chi connectivity index (χ4n) is 1.31. The summed E-state index contributed by atoms with van der Waals surface area (Å²) in [5.74, 6) is 1.18. The molecule has 16 heavy (non-hydrogen) atoms. The molecule has 94 valence electrons. The number of nitrogens with zero attached hydrogens (tertiary/aromatic N) is 2. The minimum Gasteiger partial charge on any atom is -0.378 e. The fourth-order valence-corrected chi connectivity index (χ4v) is 2.44. The Labute approximate surface area is 103 Å². The Hall–Kier alpha value is -0.260. The van der Waals surface area contributed by atoms with Crippen LogP contribution in [0, 0.1) is 0 Å². The van der Waals surface area contributed by atoms with Crippen molar-refractivity contribution in [3.63, 3.8) is 0 Å². The lowest BCUT2D eigenvalue weighted by Crippen LogP contribution is -2.35. The maximum atomic E-state index is 5.48. The number of amidine groups is 1. The van der Waals surface area contributed by atoms with E-state index in [-0.39, 0.29) is 0 Å². The summed E-state index contributed by atoms with van der Waals surface area (Å²) in [6.45, 7) is 5.43. The lowest BCUT2D eigenvalue weighted by molar-refractivity contribution is 0.124. The van der Waals surface area contributed by atoms with Crippen molar-refractivity contribution in [2.24, 2.45) is 4.99 Å². The van der Waals surface area contributed by atoms with Gasteiger partial charge in [-0.25, -0.2) is 0 Å². The van der Waals surface area contributed by atoms with Crippen molar-refractivity contribution in [2.45, 2.75) is 19.4 Å². The van der Waals surface area contributed by atoms with E-state index in [1.807, 2.05) is 25.9 Å². The Morgan fingerprint density at radius 3 is 3.00 bits per heavy atom. The summed E-state index contributed by atoms with van der Waals surface area (Å²) >= 11 is 1.81. The predicted molar refractivity (Wildman–Crippen MR) is 71.3 cm³/mol. The molecule has 1 aliphatic heterocycles. The van der Waals surface area contributed by atoms with E-state index in [4.69, 9.17) is 4.74 Å². The fraction of sp³-hybridized carbons (Fsp3) is 0.909. The highest BCUT2D eigenvalue weighted by atomic mass is 32.2. The van der Waals surface area contributed by atoms with Crippen LogP contribution in [-0.4, -0.2) is 62.3 Å². The molecule has 4 nitrogen and oxygen atoms in total. The summed E-state index contributed by atoms with van der Waals surface area (Å²) in [5, 5.41) is 4.45. The number of hydrogen-bond donors (Lipinski definition) is 1. The molecule has 0 radical (unpaired) electrons. The maximum Gasteiger partial charge on any atom is 0.156 e. The molecule has 0 spiro atoms. The summed E-state index contributed by atoms with van der Waals surface area (Å²) in [7, 11) is 4.10. The Kier molecular flexibility index (Phi) is 6.84. The molecule has 0 aromatic heterocycles. The average Bonchev–Trinajstić information content (AvgIpc) is 2.23. The standard InChI is InChI=1S/C11H23N3OS/c1-10-4-9-16-11(13-10)12-5-7-15-8-6-14(2)3/h10H,4-9H2,1-3H3,(H,12,13). The normalized spacial score (nSPS) is 23.8. The lowest BCUT2D eigenvalue weighted by Gasteiger charge is -2.21. The third-order valence-corrected chi connectivity index (χ3v) is 3.29. The van der Waals surface area contributed by atoms with Gasteiger partial charge in [-0.05, 0) is 27.4 Å². The van der Waals surface area contributed by atoms with Gasteiger partial charge in [0.25, 0.3) is 0 Å². The third-order valence-electron chi connectivity index (χ3n) is 2.33. The first kappa shape index (κ1) is 13.8. The molecule has 0 bridgehead atoms. The number of ether oxygens (including phenoxy) is 1. The van der Waals surface area contributed by atoms with E-state index in [1.165, 1.54) is 12.2 Å². The molecule has 1 unspecified atom stereocenters. The number of hydrogen-bond acceptors (Lipinski definition) is 4. The molecule has 0 amide bonds. The van der Waals surface area contributed by atoms with Gasteiger partial charge in [0.2, 0.25) is 0 Å². The Morgan fingerprint density at radius 1 is 1.50 bits per heavy atom. The molecule has 0 aliphatic carbocycles. The predicted octanol–water partition coefficient (Wildman–Crippen LogP) is 1.04. The number of rotatable bonds is 6. The van der Waals surface area contributed by atoms with E-state index in [0.29, 0.717) is 12.6 Å². The quantitative estimate of drug-likeness (QED) is 0.709. The van der Waals surface area contributed by atoms with Crippen molar-refractivity contribution >= 4 is 16.9 Å². The Balaban J connectivity index is 2.03. The zero-order valence-electron chi connectivity index (χ0n) is 10.5. The van der Waals surface area contributed by atoms with Crippen LogP contribution in [0.3, 0.4) is 0 Å². The van der Waals surface area contributed by atoms with Crippen LogP contribution in [0.15, 0.2) is 4.99 Å². The number of aliphatic imine (C=N–C) groups is 1. The maximum absolute atomic E-state index is 5.48. The summed E-state index contributed by atoms with van der Waals surface area (Å²) in [5.41, 5.74) is 0. The van der Waals surface area contributed by atoms with Crippen LogP contribution in [0.2, 0.25) is 0 Å². The zero-order chi connectivity index (χ0) is 11.8. The first-order valence-electron chi connectivity index (χ1n) is 5.84. The summed E-state index contributed by atoms with van der Waals surface area (Å²) < 4.78 is 5.48. The van der Waals surface area contributed by atoms with Gasteiger partial charge in [0.05, 0.1) is 19.8 Å². The van der Waals surface area contributed by atoms with Gasteiger partial charge in [0.15, 0.2) is 5.17 Å². The van der Waals surface area contributed by atoms with Crippen LogP contribution in [0.4, 0.5) is 0 Å². The number of likely N-dealkylation sites (N-methyl/N-ethyl adjacent to an activating group) is 1. The number of nitrogens with one attached hydrogen (secondary N) is 1. The van der Waals surface area contributed by atoms with Crippen molar-refractivity contribution in [1.82, 2.24) is 10.2 Å². The second kappa shape index (κ2) is 7.92. The van der Waals surface area contributed by atoms with Crippen LogP contribution in [-0.2, 0) is 4.74 Å². The van der Waals surface area contributed by atoms with E-state index in [0.717, 1.165) is 24.9 Å². The summed E-state index contributed by atoms with van der Waals surface area (Å²) in [6.07, 6.45) is 1.23. The largest absolute Gasteiger partial charge is 0.378 e. The highest BCUT2D eigenvalue weighted by molar-refractivity contribution is 8.13. The van der Waals surface area contributed by atoms with Gasteiger partial charge in [-0.2, -0.15) is 0 Å². The van der Waals surface area contributed by atoms with E-state index < -0.39 is 0 Å². The lowest BCUT2D eigenvalue weighted by atomic mass is 10.3. The molecule has 1 aliphatic rings. The van der Waals surface area contributed by atoms with Crippen molar-refractivity contribution in [3.05, 3.63) is 0 Å². The van der Waals surface area contributed by atoms with Crippen LogP contribution in [0.5, 0.6) is 0 Å². The van der Waals surface area contributed by atoms with Crippen LogP contribution in [0.25, 0.3) is 0 Å². The second-order valence-electron chi connectivity index (χ2n) is 4.29. The van der Waals surface area contributed by atoms with E-state index in [1.54, 1.807) is 0 Å². The Bertz CT molecular complexity index is 221. The topological polar surface area (TPSA) is 36.9 Å². The van der Waals surface area contributed by atoms with Crippen LogP contribution >= 0.6 is 11.8 Å². The van der Waals surface area contributed by atoms with Crippen molar-refractivity contribution in [3.8, 4) is 0 Å². The summed E-state index contributed by atoms with van der Waals surface area (Å²) in [4.78, 5) is 6.60. The van der Waals surface area contributed by atoms with Gasteiger partial charge in [-0.15, -0.1) is 0 Å². The summed E-state index contributed by atoms with van der Waals surface area (Å²) in [6, 6.07) is 0.564. The highest BCUT2D eigenvalue weighted by Crippen LogP contribution is 2.12. The van der Waals surface area contributed by atoms with Crippen LogP contribution in [0.1, 0.15) is 13.3 Å². The molecular weight excluding hydrogens is 222 g/mol. The van der Waals surface area contributed by atoms with E-state index in [2.05, 4.69) is 22.1 Å². The molecule has 1 heterocycles. The van der Waals surface area contributed by atoms with E-state index in [9.17, 15) is 0 Å². The molecule has 0 saturated carbocycles. The molecule has 5 heteroatoms. The first-order valence-corrected chi connectivity index (χ1v) is 6.83. The highest BCUT2D eigenvalue weighted by Gasteiger charge is 2.12. The molecule has 0 aromatic carbocycles. The monoisotopic (exact) mass is 245 g/mol. The van der Waals surface area contributed by atoms with Gasteiger partial charge in [-0.3, -0.25) is 4.99 Å². The van der Waals surface area contributed by atoms with Crippen molar-refractivity contribution in [2.75, 3.05) is 46.2 Å². The van der Waals surface area contributed by atoms with Crippen molar-refractivity contribution in [1.29, 1.82) is 0 Å². The van der Waals surface area contributed by atoms with E-state index >= 15 is 0 Å². The van der Waals surface area contributed by atoms with Gasteiger partial charge in [0, 0.05) is 18.3 Å². The smallest absolute Gasteiger partial charge is 0.156 e. The second-order valence-corrected chi connectivity index (χ2v) is 5.37. The molecule has 0 aromatic rings. The van der Waals surface area contributed by atoms with Crippen molar-refractivity contribution < 1.29 is 4.74 Å². The molecule has 1 N–H and O–H groups in total. The SMILES string of the molecule is CC1CCSC(=NCCOCCN(C)C)N1. The van der Waals surface area contributed by atoms with Gasteiger partial charge >= 0.3 is 0 Å². The van der Waals surface area contributed by atoms with Gasteiger partial charge in [-0.1, -0.05) is 11.8 Å².